The van der Waals surface area contributed by atoms with Crippen LogP contribution in [0.25, 0.3) is 0 Å². The van der Waals surface area contributed by atoms with Crippen LogP contribution in [0.1, 0.15) is 0 Å². The third-order valence-electron chi connectivity index (χ3n) is 1.79. The highest BCUT2D eigenvalue weighted by Gasteiger charge is 2.20. The van der Waals surface area contributed by atoms with Crippen molar-refractivity contribution in [3.63, 3.8) is 0 Å². The second kappa shape index (κ2) is 8.09. The number of rotatable bonds is 2. The fraction of sp³-hybridized carbons (Fsp3) is 0. The Bertz CT molecular complexity index is 514. The Balaban J connectivity index is 0.000000347. The average Bonchev–Trinajstić information content (AvgIpc) is 2.26. The predicted octanol–water partition coefficient (Wildman–Crippen LogP) is 2.42. The molecule has 0 fully saturated rings. The van der Waals surface area contributed by atoms with Crippen LogP contribution in [-0.4, -0.2) is 7.25 Å². The minimum atomic E-state index is -6.00. The molecule has 0 heterocycles. The molecule has 2 rings (SSSR count). The Morgan fingerprint density at radius 3 is 1.40 bits per heavy atom. The summed E-state index contributed by atoms with van der Waals surface area (Å²) in [6.07, 6.45) is 0. The molecule has 0 saturated heterocycles. The second-order valence-corrected chi connectivity index (χ2v) is 7.37. The van der Waals surface area contributed by atoms with Crippen LogP contribution < -0.4 is 21.2 Å². The van der Waals surface area contributed by atoms with E-state index in [0.29, 0.717) is 0 Å². The van der Waals surface area contributed by atoms with Gasteiger partial charge in [-0.15, -0.1) is 0 Å². The molecule has 0 amide bonds. The van der Waals surface area contributed by atoms with Crippen LogP contribution in [0.4, 0.5) is 17.3 Å². The minimum absolute atomic E-state index is 0.174. The number of hydrogen-bond donors (Lipinski definition) is 0. The first kappa shape index (κ1) is 17.6. The molecule has 2 aromatic rings. The molecule has 0 radical (unpaired) electrons. The van der Waals surface area contributed by atoms with Crippen molar-refractivity contribution in [3.8, 4) is 0 Å². The van der Waals surface area contributed by atoms with Gasteiger partial charge in [0, 0.05) is 22.2 Å². The third-order valence-corrected chi connectivity index (χ3v) is 4.85. The van der Waals surface area contributed by atoms with Gasteiger partial charge in [0.2, 0.25) is 0 Å². The van der Waals surface area contributed by atoms with Crippen LogP contribution in [0.5, 0.6) is 0 Å². The molecule has 0 bridgehead atoms. The van der Waals surface area contributed by atoms with E-state index < -0.39 is 7.25 Å². The monoisotopic (exact) mass is 436 g/mol. The lowest BCUT2D eigenvalue weighted by molar-refractivity contribution is -0.597. The summed E-state index contributed by atoms with van der Waals surface area (Å²) in [7, 11) is -6.00. The van der Waals surface area contributed by atoms with E-state index in [9.17, 15) is 17.3 Å². The molecule has 0 aliphatic carbocycles. The normalized spacial score (nSPS) is 10.7. The lowest BCUT2D eigenvalue weighted by Crippen LogP contribution is -3.61. The Labute approximate surface area is 134 Å². The number of benzene rings is 2. The molecule has 0 N–H and O–H groups in total. The molecular weight excluding hydrogens is 429 g/mol. The topological polar surface area (TPSA) is 0 Å². The van der Waals surface area contributed by atoms with Gasteiger partial charge in [-0.05, 0) is 24.3 Å². The van der Waals surface area contributed by atoms with Crippen LogP contribution in [0.15, 0.2) is 48.5 Å². The van der Waals surface area contributed by atoms with Gasteiger partial charge in [0.15, 0.2) is 7.14 Å². The van der Waals surface area contributed by atoms with Crippen molar-refractivity contribution in [2.24, 2.45) is 0 Å². The van der Waals surface area contributed by atoms with Crippen LogP contribution >= 0.6 is 23.2 Å². The molecule has 8 heteroatoms. The van der Waals surface area contributed by atoms with Gasteiger partial charge in [0.1, 0.15) is 0 Å². The first-order valence-electron chi connectivity index (χ1n) is 5.27. The molecule has 0 aliphatic rings. The van der Waals surface area contributed by atoms with Crippen LogP contribution in [0.3, 0.4) is 0 Å². The van der Waals surface area contributed by atoms with Gasteiger partial charge >= 0.3 is 28.5 Å². The zero-order valence-corrected chi connectivity index (χ0v) is 13.5. The number of halogens is 7. The van der Waals surface area contributed by atoms with E-state index in [1.54, 1.807) is 0 Å². The lowest BCUT2D eigenvalue weighted by atomic mass is 10.3. The molecule has 0 unspecified atom stereocenters. The SMILES string of the molecule is Clc1cccc([I+]c2cccc(Cl)c2)c1.F[B-](F)(F)F. The van der Waals surface area contributed by atoms with E-state index in [1.807, 2.05) is 36.4 Å². The fourth-order valence-electron chi connectivity index (χ4n) is 1.16. The summed E-state index contributed by atoms with van der Waals surface area (Å²) in [5, 5.41) is 1.60. The van der Waals surface area contributed by atoms with Gasteiger partial charge < -0.3 is 17.3 Å². The first-order valence-corrected chi connectivity index (χ1v) is 8.18. The minimum Gasteiger partial charge on any atom is -0.418 e. The highest BCUT2D eigenvalue weighted by atomic mass is 127. The van der Waals surface area contributed by atoms with E-state index in [0.717, 1.165) is 10.0 Å². The fourth-order valence-corrected chi connectivity index (χ4v) is 4.39. The summed E-state index contributed by atoms with van der Waals surface area (Å²) < 4.78 is 41.6. The molecule has 0 aliphatic heterocycles. The Morgan fingerprint density at radius 2 is 1.10 bits per heavy atom. The maximum atomic E-state index is 9.75. The van der Waals surface area contributed by atoms with E-state index >= 15 is 0 Å². The lowest BCUT2D eigenvalue weighted by Gasteiger charge is -1.94. The van der Waals surface area contributed by atoms with E-state index in [1.165, 1.54) is 7.14 Å². The molecule has 0 nitrogen and oxygen atoms in total. The van der Waals surface area contributed by atoms with Crippen LogP contribution in [0.2, 0.25) is 10.0 Å². The molecule has 0 spiro atoms. The summed E-state index contributed by atoms with van der Waals surface area (Å²) in [6.45, 7) is 0. The molecule has 108 valence electrons. The summed E-state index contributed by atoms with van der Waals surface area (Å²) >= 11 is 11.7. The maximum Gasteiger partial charge on any atom is 0.673 e. The Morgan fingerprint density at radius 1 is 0.750 bits per heavy atom. The van der Waals surface area contributed by atoms with Crippen molar-refractivity contribution in [3.05, 3.63) is 65.7 Å². The Kier molecular flexibility index (Phi) is 7.12. The zero-order chi connectivity index (χ0) is 15.2. The summed E-state index contributed by atoms with van der Waals surface area (Å²) in [5.74, 6) is 0. The third kappa shape index (κ3) is 8.66. The van der Waals surface area contributed by atoms with Gasteiger partial charge in [0.05, 0.1) is 0 Å². The van der Waals surface area contributed by atoms with Gasteiger partial charge in [0.25, 0.3) is 0 Å². The van der Waals surface area contributed by atoms with E-state index in [4.69, 9.17) is 23.2 Å². The summed E-state index contributed by atoms with van der Waals surface area (Å²) in [4.78, 5) is 0. The Hall–Kier alpha value is -0.465. The predicted molar refractivity (Wildman–Crippen MR) is 70.5 cm³/mol. The first-order chi connectivity index (χ1) is 9.24. The average molecular weight is 437 g/mol. The molecular formula is C12H8BCl2F4I. The molecule has 0 aromatic heterocycles. The smallest absolute Gasteiger partial charge is 0.418 e. The molecule has 0 saturated carbocycles. The largest absolute Gasteiger partial charge is 0.673 e. The zero-order valence-electron chi connectivity index (χ0n) is 9.84. The second-order valence-electron chi connectivity index (χ2n) is 3.47. The van der Waals surface area contributed by atoms with Gasteiger partial charge in [-0.1, -0.05) is 35.3 Å². The van der Waals surface area contributed by atoms with Crippen molar-refractivity contribution in [2.45, 2.75) is 0 Å². The van der Waals surface area contributed by atoms with E-state index in [-0.39, 0.29) is 21.2 Å². The molecule has 20 heavy (non-hydrogen) atoms. The summed E-state index contributed by atoms with van der Waals surface area (Å²) in [5.41, 5.74) is 0. The van der Waals surface area contributed by atoms with Gasteiger partial charge in [-0.3, -0.25) is 0 Å². The highest BCUT2D eigenvalue weighted by Crippen LogP contribution is 2.07. The molecule has 0 atom stereocenters. The van der Waals surface area contributed by atoms with Crippen LogP contribution in [0, 0.1) is 7.14 Å². The quantitative estimate of drug-likeness (QED) is 0.385. The molecule has 2 aromatic carbocycles. The van der Waals surface area contributed by atoms with Crippen molar-refractivity contribution in [2.75, 3.05) is 0 Å². The van der Waals surface area contributed by atoms with Crippen molar-refractivity contribution in [1.29, 1.82) is 0 Å². The summed E-state index contributed by atoms with van der Waals surface area (Å²) in [6, 6.07) is 16.0. The van der Waals surface area contributed by atoms with E-state index in [2.05, 4.69) is 12.1 Å². The number of hydrogen-bond acceptors (Lipinski definition) is 0. The van der Waals surface area contributed by atoms with Gasteiger partial charge in [-0.25, -0.2) is 0 Å². The van der Waals surface area contributed by atoms with Gasteiger partial charge in [-0.2, -0.15) is 0 Å². The van der Waals surface area contributed by atoms with Crippen molar-refractivity contribution < 1.29 is 38.5 Å². The highest BCUT2D eigenvalue weighted by molar-refractivity contribution is 6.50. The standard InChI is InChI=1S/C12H8Cl2I.BF4/c13-9-3-1-5-11(7-9)15-12-6-2-4-10(14)8-12;2-1(3,4)5/h1-8H;/q+1;-1. The maximum absolute atomic E-state index is 9.75. The van der Waals surface area contributed by atoms with Crippen molar-refractivity contribution in [1.82, 2.24) is 0 Å². The van der Waals surface area contributed by atoms with Crippen molar-refractivity contribution >= 4 is 30.5 Å². The van der Waals surface area contributed by atoms with Crippen LogP contribution in [-0.2, 0) is 0 Å².